The summed E-state index contributed by atoms with van der Waals surface area (Å²) in [4.78, 5) is 11.0. The molecule has 82 valence electrons. The first-order chi connectivity index (χ1) is 6.99. The third kappa shape index (κ3) is 2.14. The highest BCUT2D eigenvalue weighted by molar-refractivity contribution is 9.10. The summed E-state index contributed by atoms with van der Waals surface area (Å²) >= 11 is 3.35. The van der Waals surface area contributed by atoms with Crippen LogP contribution in [-0.2, 0) is 0 Å². The summed E-state index contributed by atoms with van der Waals surface area (Å²) in [7, 11) is 0. The van der Waals surface area contributed by atoms with Gasteiger partial charge in [-0.3, -0.25) is 0 Å². The fourth-order valence-corrected chi connectivity index (χ4v) is 2.59. The van der Waals surface area contributed by atoms with Crippen LogP contribution in [0.1, 0.15) is 27.2 Å². The van der Waals surface area contributed by atoms with E-state index in [1.807, 2.05) is 0 Å². The molecule has 1 fully saturated rings. The number of anilines is 1. The lowest BCUT2D eigenvalue weighted by Crippen LogP contribution is -2.39. The van der Waals surface area contributed by atoms with Crippen LogP contribution in [0.3, 0.4) is 0 Å². The largest absolute Gasteiger partial charge is 0.335 e. The number of nitrogens with zero attached hydrogens (tertiary/aromatic N) is 3. The highest BCUT2D eigenvalue weighted by Gasteiger charge is 2.37. The van der Waals surface area contributed by atoms with Crippen molar-refractivity contribution in [1.29, 1.82) is 0 Å². The van der Waals surface area contributed by atoms with E-state index < -0.39 is 0 Å². The first kappa shape index (κ1) is 10.9. The van der Waals surface area contributed by atoms with Gasteiger partial charge in [0.25, 0.3) is 0 Å². The van der Waals surface area contributed by atoms with Gasteiger partial charge in [0, 0.05) is 24.5 Å². The predicted octanol–water partition coefficient (Wildman–Crippen LogP) is 2.86. The molecule has 2 rings (SSSR count). The smallest absolute Gasteiger partial charge is 0.225 e. The van der Waals surface area contributed by atoms with Crippen LogP contribution in [0.4, 0.5) is 5.95 Å². The molecule has 0 bridgehead atoms. The normalized spacial score (nSPS) is 24.5. The molecule has 2 heterocycles. The summed E-state index contributed by atoms with van der Waals surface area (Å²) in [5, 5.41) is 0. The molecule has 1 saturated heterocycles. The van der Waals surface area contributed by atoms with Crippen LogP contribution < -0.4 is 4.90 Å². The lowest BCUT2D eigenvalue weighted by atomic mass is 9.98. The third-order valence-corrected chi connectivity index (χ3v) is 3.33. The van der Waals surface area contributed by atoms with Crippen molar-refractivity contribution in [1.82, 2.24) is 9.97 Å². The number of halogens is 1. The highest BCUT2D eigenvalue weighted by atomic mass is 79.9. The molecule has 0 aromatic carbocycles. The zero-order valence-electron chi connectivity index (χ0n) is 9.37. The van der Waals surface area contributed by atoms with Crippen molar-refractivity contribution in [2.75, 3.05) is 11.4 Å². The van der Waals surface area contributed by atoms with Crippen LogP contribution in [0.2, 0.25) is 0 Å². The van der Waals surface area contributed by atoms with E-state index in [1.165, 1.54) is 6.42 Å². The molecule has 4 heteroatoms. The third-order valence-electron chi connectivity index (χ3n) is 2.92. The van der Waals surface area contributed by atoms with E-state index in [-0.39, 0.29) is 5.54 Å². The first-order valence-electron chi connectivity index (χ1n) is 5.24. The van der Waals surface area contributed by atoms with Gasteiger partial charge < -0.3 is 4.90 Å². The molecular formula is C11H16BrN3. The van der Waals surface area contributed by atoms with Gasteiger partial charge in [-0.2, -0.15) is 0 Å². The second-order valence-corrected chi connectivity index (χ2v) is 5.85. The van der Waals surface area contributed by atoms with E-state index in [4.69, 9.17) is 0 Å². The molecule has 1 aromatic rings. The van der Waals surface area contributed by atoms with E-state index in [2.05, 4.69) is 51.6 Å². The Morgan fingerprint density at radius 1 is 1.40 bits per heavy atom. The first-order valence-corrected chi connectivity index (χ1v) is 6.03. The number of rotatable bonds is 1. The van der Waals surface area contributed by atoms with Crippen molar-refractivity contribution in [2.45, 2.75) is 32.7 Å². The Morgan fingerprint density at radius 3 is 2.47 bits per heavy atom. The van der Waals surface area contributed by atoms with Gasteiger partial charge in [-0.1, -0.05) is 6.92 Å². The van der Waals surface area contributed by atoms with E-state index >= 15 is 0 Å². The number of hydrogen-bond donors (Lipinski definition) is 0. The predicted molar refractivity (Wildman–Crippen MR) is 64.9 cm³/mol. The Balaban J connectivity index is 2.27. The molecule has 0 saturated carbocycles. The van der Waals surface area contributed by atoms with Crippen molar-refractivity contribution in [2.24, 2.45) is 5.92 Å². The maximum absolute atomic E-state index is 4.36. The number of hydrogen-bond acceptors (Lipinski definition) is 3. The van der Waals surface area contributed by atoms with Crippen molar-refractivity contribution < 1.29 is 0 Å². The Hall–Kier alpha value is -0.640. The van der Waals surface area contributed by atoms with Crippen LogP contribution in [0, 0.1) is 5.92 Å². The maximum atomic E-state index is 4.36. The summed E-state index contributed by atoms with van der Waals surface area (Å²) in [5.41, 5.74) is 0.174. The SMILES string of the molecule is CC1CN(c2ncc(Br)cn2)C(C)(C)C1. The van der Waals surface area contributed by atoms with Crippen molar-refractivity contribution in [3.63, 3.8) is 0 Å². The summed E-state index contributed by atoms with van der Waals surface area (Å²) in [6.45, 7) is 7.83. The van der Waals surface area contributed by atoms with Gasteiger partial charge in [0.1, 0.15) is 0 Å². The fourth-order valence-electron chi connectivity index (χ4n) is 2.38. The van der Waals surface area contributed by atoms with E-state index in [0.717, 1.165) is 17.0 Å². The van der Waals surface area contributed by atoms with E-state index in [1.54, 1.807) is 12.4 Å². The standard InChI is InChI=1S/C11H16BrN3/c1-8-4-11(2,3)15(7-8)10-13-5-9(12)6-14-10/h5-6,8H,4,7H2,1-3H3. The molecule has 1 aliphatic heterocycles. The minimum atomic E-state index is 0.174. The highest BCUT2D eigenvalue weighted by Crippen LogP contribution is 2.34. The lowest BCUT2D eigenvalue weighted by molar-refractivity contribution is 0.483. The molecule has 0 radical (unpaired) electrons. The summed E-state index contributed by atoms with van der Waals surface area (Å²) in [6, 6.07) is 0. The monoisotopic (exact) mass is 269 g/mol. The molecule has 1 unspecified atom stereocenters. The minimum absolute atomic E-state index is 0.174. The van der Waals surface area contributed by atoms with Crippen LogP contribution in [0.5, 0.6) is 0 Å². The van der Waals surface area contributed by atoms with Gasteiger partial charge in [0.05, 0.1) is 4.47 Å². The van der Waals surface area contributed by atoms with Crippen LogP contribution >= 0.6 is 15.9 Å². The van der Waals surface area contributed by atoms with Gasteiger partial charge in [-0.15, -0.1) is 0 Å². The van der Waals surface area contributed by atoms with Gasteiger partial charge in [0.2, 0.25) is 5.95 Å². The molecule has 1 atom stereocenters. The molecular weight excluding hydrogens is 254 g/mol. The molecule has 0 aliphatic carbocycles. The molecule has 1 aromatic heterocycles. The minimum Gasteiger partial charge on any atom is -0.335 e. The molecule has 15 heavy (non-hydrogen) atoms. The maximum Gasteiger partial charge on any atom is 0.225 e. The van der Waals surface area contributed by atoms with Gasteiger partial charge in [0.15, 0.2) is 0 Å². The van der Waals surface area contributed by atoms with E-state index in [9.17, 15) is 0 Å². The van der Waals surface area contributed by atoms with E-state index in [0.29, 0.717) is 5.92 Å². The van der Waals surface area contributed by atoms with Crippen LogP contribution in [0.25, 0.3) is 0 Å². The molecule has 3 nitrogen and oxygen atoms in total. The molecule has 0 amide bonds. The zero-order chi connectivity index (χ0) is 11.1. The zero-order valence-corrected chi connectivity index (χ0v) is 11.0. The summed E-state index contributed by atoms with van der Waals surface area (Å²) in [6.07, 6.45) is 4.81. The Labute approximate surface area is 99.0 Å². The van der Waals surface area contributed by atoms with Crippen LogP contribution in [0.15, 0.2) is 16.9 Å². The average Bonchev–Trinajstić information content (AvgIpc) is 2.41. The Bertz CT molecular complexity index is 347. The van der Waals surface area contributed by atoms with Crippen LogP contribution in [-0.4, -0.2) is 22.1 Å². The average molecular weight is 270 g/mol. The van der Waals surface area contributed by atoms with Crippen molar-refractivity contribution in [3.05, 3.63) is 16.9 Å². The lowest BCUT2D eigenvalue weighted by Gasteiger charge is -2.31. The second-order valence-electron chi connectivity index (χ2n) is 4.93. The topological polar surface area (TPSA) is 29.0 Å². The van der Waals surface area contributed by atoms with Crippen molar-refractivity contribution in [3.8, 4) is 0 Å². The summed E-state index contributed by atoms with van der Waals surface area (Å²) < 4.78 is 0.927. The molecule has 0 spiro atoms. The van der Waals surface area contributed by atoms with Gasteiger partial charge in [-0.05, 0) is 42.1 Å². The van der Waals surface area contributed by atoms with Crippen molar-refractivity contribution >= 4 is 21.9 Å². The quantitative estimate of drug-likeness (QED) is 0.785. The summed E-state index contributed by atoms with van der Waals surface area (Å²) in [5.74, 6) is 1.56. The Kier molecular flexibility index (Phi) is 2.71. The van der Waals surface area contributed by atoms with Gasteiger partial charge >= 0.3 is 0 Å². The molecule has 0 N–H and O–H groups in total. The fraction of sp³-hybridized carbons (Fsp3) is 0.636. The Morgan fingerprint density at radius 2 is 2.00 bits per heavy atom. The van der Waals surface area contributed by atoms with Gasteiger partial charge in [-0.25, -0.2) is 9.97 Å². The second kappa shape index (κ2) is 3.74. The molecule has 1 aliphatic rings. The number of aromatic nitrogens is 2.